The predicted octanol–water partition coefficient (Wildman–Crippen LogP) is 0.377. The minimum Gasteiger partial charge on any atom is -0.450 e. The highest BCUT2D eigenvalue weighted by molar-refractivity contribution is 6.37. The van der Waals surface area contributed by atoms with Crippen LogP contribution in [-0.4, -0.2) is 42.3 Å². The molecule has 1 amide bonds. The van der Waals surface area contributed by atoms with Crippen LogP contribution in [0.1, 0.15) is 19.8 Å². The summed E-state index contributed by atoms with van der Waals surface area (Å²) in [5, 5.41) is 0. The van der Waals surface area contributed by atoms with Crippen molar-refractivity contribution in [2.45, 2.75) is 19.8 Å². The Hall–Kier alpha value is -1.39. The first-order valence-electron chi connectivity index (χ1n) is 4.63. The van der Waals surface area contributed by atoms with Gasteiger partial charge in [0.1, 0.15) is 0 Å². The lowest BCUT2D eigenvalue weighted by molar-refractivity contribution is -0.135. The Morgan fingerprint density at radius 3 is 2.21 bits per heavy atom. The van der Waals surface area contributed by atoms with Crippen LogP contribution in [0.5, 0.6) is 0 Å². The van der Waals surface area contributed by atoms with E-state index in [-0.39, 0.29) is 25.9 Å². The summed E-state index contributed by atoms with van der Waals surface area (Å²) in [5.41, 5.74) is 0. The lowest BCUT2D eigenvalue weighted by Crippen LogP contribution is -2.32. The van der Waals surface area contributed by atoms with Gasteiger partial charge in [-0.2, -0.15) is 0 Å². The minimum absolute atomic E-state index is 0.109. The Kier molecular flexibility index (Phi) is 3.62. The number of Topliss-reactive ketones (excluding diaryl/α,β-unsaturated/α-hetero) is 2. The number of likely N-dealkylation sites (tertiary alicyclic amines) is 1. The zero-order valence-electron chi connectivity index (χ0n) is 8.12. The third-order valence-corrected chi connectivity index (χ3v) is 2.05. The van der Waals surface area contributed by atoms with Gasteiger partial charge in [0.2, 0.25) is 0 Å². The van der Waals surface area contributed by atoms with Gasteiger partial charge >= 0.3 is 6.09 Å². The third kappa shape index (κ3) is 2.55. The van der Waals surface area contributed by atoms with Gasteiger partial charge in [-0.1, -0.05) is 0 Å². The molecule has 5 nitrogen and oxygen atoms in total. The Morgan fingerprint density at radius 2 is 1.79 bits per heavy atom. The van der Waals surface area contributed by atoms with Crippen LogP contribution < -0.4 is 0 Å². The summed E-state index contributed by atoms with van der Waals surface area (Å²) in [7, 11) is 0. The van der Waals surface area contributed by atoms with Crippen molar-refractivity contribution in [2.24, 2.45) is 0 Å². The lowest BCUT2D eigenvalue weighted by atomic mass is 10.2. The van der Waals surface area contributed by atoms with E-state index in [2.05, 4.69) is 0 Å². The van der Waals surface area contributed by atoms with Crippen molar-refractivity contribution < 1.29 is 19.1 Å². The van der Waals surface area contributed by atoms with Crippen LogP contribution in [0.15, 0.2) is 0 Å². The fourth-order valence-corrected chi connectivity index (χ4v) is 1.26. The molecule has 0 atom stereocenters. The molecule has 0 bridgehead atoms. The van der Waals surface area contributed by atoms with Crippen molar-refractivity contribution in [2.75, 3.05) is 19.7 Å². The van der Waals surface area contributed by atoms with Crippen LogP contribution in [0, 0.1) is 0 Å². The van der Waals surface area contributed by atoms with E-state index in [0.29, 0.717) is 6.61 Å². The second-order valence-corrected chi connectivity index (χ2v) is 3.03. The van der Waals surface area contributed by atoms with E-state index in [9.17, 15) is 14.4 Å². The largest absolute Gasteiger partial charge is 0.450 e. The number of nitrogens with zero attached hydrogens (tertiary/aromatic N) is 1. The normalized spacial score (nSPS) is 17.9. The van der Waals surface area contributed by atoms with E-state index in [4.69, 9.17) is 4.74 Å². The maximum absolute atomic E-state index is 11.2. The molecule has 0 aromatic rings. The van der Waals surface area contributed by atoms with E-state index >= 15 is 0 Å². The molecule has 14 heavy (non-hydrogen) atoms. The molecule has 0 aliphatic carbocycles. The van der Waals surface area contributed by atoms with Crippen molar-refractivity contribution in [3.8, 4) is 0 Å². The van der Waals surface area contributed by atoms with Crippen molar-refractivity contribution in [1.82, 2.24) is 4.90 Å². The molecule has 1 aliphatic rings. The smallest absolute Gasteiger partial charge is 0.409 e. The van der Waals surface area contributed by atoms with Crippen LogP contribution in [0.3, 0.4) is 0 Å². The second kappa shape index (κ2) is 4.74. The van der Waals surface area contributed by atoms with Crippen molar-refractivity contribution in [1.29, 1.82) is 0 Å². The first-order valence-corrected chi connectivity index (χ1v) is 4.63. The summed E-state index contributed by atoms with van der Waals surface area (Å²) in [4.78, 5) is 34.7. The van der Waals surface area contributed by atoms with Crippen molar-refractivity contribution in [3.05, 3.63) is 0 Å². The number of amides is 1. The minimum atomic E-state index is -0.449. The van der Waals surface area contributed by atoms with Gasteiger partial charge in [0, 0.05) is 25.9 Å². The van der Waals surface area contributed by atoms with Crippen molar-refractivity contribution in [3.63, 3.8) is 0 Å². The third-order valence-electron chi connectivity index (χ3n) is 2.05. The zero-order chi connectivity index (χ0) is 10.6. The maximum Gasteiger partial charge on any atom is 0.409 e. The summed E-state index contributed by atoms with van der Waals surface area (Å²) < 4.78 is 4.77. The van der Waals surface area contributed by atoms with Gasteiger partial charge in [0.15, 0.2) is 11.6 Å². The molecular formula is C9H13NO4. The molecule has 0 aromatic heterocycles. The van der Waals surface area contributed by atoms with Gasteiger partial charge < -0.3 is 9.64 Å². The average Bonchev–Trinajstić information content (AvgIpc) is 2.31. The zero-order valence-corrected chi connectivity index (χ0v) is 8.12. The quantitative estimate of drug-likeness (QED) is 0.572. The first kappa shape index (κ1) is 10.7. The molecule has 1 heterocycles. The van der Waals surface area contributed by atoms with Crippen LogP contribution in [0.25, 0.3) is 0 Å². The number of ketones is 2. The van der Waals surface area contributed by atoms with E-state index in [1.165, 1.54) is 4.90 Å². The SMILES string of the molecule is CCOC(=O)N1CCC(=O)C(=O)CC1. The molecule has 1 fully saturated rings. The highest BCUT2D eigenvalue weighted by Crippen LogP contribution is 2.05. The summed E-state index contributed by atoms with van der Waals surface area (Å²) in [6, 6.07) is 0. The predicted molar refractivity (Wildman–Crippen MR) is 47.8 cm³/mol. The Bertz CT molecular complexity index is 244. The topological polar surface area (TPSA) is 63.7 Å². The summed E-state index contributed by atoms with van der Waals surface area (Å²) in [6.45, 7) is 2.58. The monoisotopic (exact) mass is 199 g/mol. The Labute approximate surface area is 82.0 Å². The molecule has 1 aliphatic heterocycles. The highest BCUT2D eigenvalue weighted by atomic mass is 16.6. The number of ether oxygens (including phenoxy) is 1. The first-order chi connectivity index (χ1) is 6.65. The highest BCUT2D eigenvalue weighted by Gasteiger charge is 2.24. The van der Waals surface area contributed by atoms with E-state index in [1.54, 1.807) is 6.92 Å². The van der Waals surface area contributed by atoms with E-state index in [1.807, 2.05) is 0 Å². The molecule has 1 saturated heterocycles. The number of rotatable bonds is 1. The summed E-state index contributed by atoms with van der Waals surface area (Å²) in [5.74, 6) is -0.784. The molecule has 0 radical (unpaired) electrons. The number of carbonyl (C=O) groups is 3. The lowest BCUT2D eigenvalue weighted by Gasteiger charge is -2.18. The molecular weight excluding hydrogens is 186 g/mol. The molecule has 0 saturated carbocycles. The second-order valence-electron chi connectivity index (χ2n) is 3.03. The fraction of sp³-hybridized carbons (Fsp3) is 0.667. The van der Waals surface area contributed by atoms with Crippen LogP contribution in [-0.2, 0) is 14.3 Å². The molecule has 1 rings (SSSR count). The number of carbonyl (C=O) groups excluding carboxylic acids is 3. The Morgan fingerprint density at radius 1 is 1.29 bits per heavy atom. The maximum atomic E-state index is 11.2. The number of hydrogen-bond donors (Lipinski definition) is 0. The molecule has 0 spiro atoms. The standard InChI is InChI=1S/C9H13NO4/c1-2-14-9(13)10-5-3-7(11)8(12)4-6-10/h2-6H2,1H3. The van der Waals surface area contributed by atoms with Gasteiger partial charge in [-0.05, 0) is 6.92 Å². The number of hydrogen-bond acceptors (Lipinski definition) is 4. The van der Waals surface area contributed by atoms with Crippen LogP contribution >= 0.6 is 0 Å². The van der Waals surface area contributed by atoms with E-state index < -0.39 is 17.7 Å². The van der Waals surface area contributed by atoms with Crippen molar-refractivity contribution >= 4 is 17.7 Å². The van der Waals surface area contributed by atoms with Crippen LogP contribution in [0.4, 0.5) is 4.79 Å². The fourth-order valence-electron chi connectivity index (χ4n) is 1.26. The molecule has 0 unspecified atom stereocenters. The van der Waals surface area contributed by atoms with Gasteiger partial charge in [0.25, 0.3) is 0 Å². The molecule has 0 aromatic carbocycles. The van der Waals surface area contributed by atoms with E-state index in [0.717, 1.165) is 0 Å². The molecule has 78 valence electrons. The molecule has 5 heteroatoms. The van der Waals surface area contributed by atoms with Gasteiger partial charge in [0.05, 0.1) is 6.61 Å². The van der Waals surface area contributed by atoms with Gasteiger partial charge in [-0.3, -0.25) is 9.59 Å². The molecule has 0 N–H and O–H groups in total. The van der Waals surface area contributed by atoms with Gasteiger partial charge in [-0.15, -0.1) is 0 Å². The Balaban J connectivity index is 2.53. The summed E-state index contributed by atoms with van der Waals surface area (Å²) >= 11 is 0. The van der Waals surface area contributed by atoms with Gasteiger partial charge in [-0.25, -0.2) is 4.79 Å². The van der Waals surface area contributed by atoms with Crippen LogP contribution in [0.2, 0.25) is 0 Å². The average molecular weight is 199 g/mol. The summed E-state index contributed by atoms with van der Waals surface area (Å²) in [6.07, 6.45) is -0.232.